The van der Waals surface area contributed by atoms with Crippen LogP contribution in [-0.4, -0.2) is 29.5 Å². The van der Waals surface area contributed by atoms with Crippen LogP contribution in [0.1, 0.15) is 26.7 Å². The summed E-state index contributed by atoms with van der Waals surface area (Å²) in [6.45, 7) is 4.54. The minimum absolute atomic E-state index is 0.100. The van der Waals surface area contributed by atoms with Gasteiger partial charge in [-0.2, -0.15) is 0 Å². The van der Waals surface area contributed by atoms with Crippen LogP contribution in [0.3, 0.4) is 0 Å². The number of halogens is 1. The number of hydrogen-bond acceptors (Lipinski definition) is 3. The van der Waals surface area contributed by atoms with Gasteiger partial charge in [-0.25, -0.2) is 0 Å². The maximum atomic E-state index is 9.69. The zero-order valence-corrected chi connectivity index (χ0v) is 11.5. The summed E-state index contributed by atoms with van der Waals surface area (Å²) in [5.74, 6) is 0.757. The number of hydrogen-bond donors (Lipinski definition) is 1. The van der Waals surface area contributed by atoms with E-state index in [9.17, 15) is 5.11 Å². The Morgan fingerprint density at radius 2 is 2.00 bits per heavy atom. The summed E-state index contributed by atoms with van der Waals surface area (Å²) in [4.78, 5) is 0. The van der Waals surface area contributed by atoms with Crippen LogP contribution < -0.4 is 4.74 Å². The smallest absolute Gasteiger partial charge is 0.129 e. The molecular formula is C14H19ClO3. The molecule has 18 heavy (non-hydrogen) atoms. The minimum atomic E-state index is -0.477. The van der Waals surface area contributed by atoms with Gasteiger partial charge >= 0.3 is 0 Å². The van der Waals surface area contributed by atoms with Crippen molar-refractivity contribution < 1.29 is 14.6 Å². The van der Waals surface area contributed by atoms with Crippen molar-refractivity contribution in [2.75, 3.05) is 6.61 Å². The predicted molar refractivity (Wildman–Crippen MR) is 71.1 cm³/mol. The van der Waals surface area contributed by atoms with Crippen molar-refractivity contribution in [3.8, 4) is 5.75 Å². The van der Waals surface area contributed by atoms with Gasteiger partial charge in [-0.3, -0.25) is 0 Å². The van der Waals surface area contributed by atoms with Crippen molar-refractivity contribution in [2.45, 2.75) is 44.5 Å². The van der Waals surface area contributed by atoms with Crippen molar-refractivity contribution in [3.63, 3.8) is 0 Å². The Bertz CT molecular complexity index is 389. The summed E-state index contributed by atoms with van der Waals surface area (Å²) in [7, 11) is 0. The van der Waals surface area contributed by atoms with Gasteiger partial charge in [0.1, 0.15) is 11.4 Å². The number of rotatable bonds is 3. The highest BCUT2D eigenvalue weighted by molar-refractivity contribution is 6.30. The molecule has 1 aromatic rings. The molecule has 0 saturated carbocycles. The highest BCUT2D eigenvalue weighted by atomic mass is 35.5. The third kappa shape index (κ3) is 3.37. The second kappa shape index (κ2) is 5.47. The monoisotopic (exact) mass is 270 g/mol. The van der Waals surface area contributed by atoms with E-state index in [1.165, 1.54) is 0 Å². The number of aliphatic hydroxyl groups excluding tert-OH is 1. The quantitative estimate of drug-likeness (QED) is 0.918. The van der Waals surface area contributed by atoms with Crippen molar-refractivity contribution in [3.05, 3.63) is 29.3 Å². The van der Waals surface area contributed by atoms with Crippen molar-refractivity contribution in [1.82, 2.24) is 0 Å². The first-order chi connectivity index (χ1) is 8.47. The van der Waals surface area contributed by atoms with Crippen LogP contribution >= 0.6 is 11.6 Å². The Morgan fingerprint density at radius 1 is 1.33 bits per heavy atom. The lowest BCUT2D eigenvalue weighted by atomic mass is 9.93. The molecule has 1 aliphatic rings. The van der Waals surface area contributed by atoms with E-state index in [2.05, 4.69) is 0 Å². The Labute approximate surface area is 113 Å². The van der Waals surface area contributed by atoms with Crippen LogP contribution in [-0.2, 0) is 4.74 Å². The molecule has 1 fully saturated rings. The zero-order chi connectivity index (χ0) is 13.2. The third-order valence-corrected chi connectivity index (χ3v) is 3.48. The van der Waals surface area contributed by atoms with E-state index in [-0.39, 0.29) is 12.2 Å². The lowest BCUT2D eigenvalue weighted by Gasteiger charge is -2.38. The van der Waals surface area contributed by atoms with E-state index in [1.807, 2.05) is 26.0 Å². The SMILES string of the molecule is CC(C)(Oc1ccc(Cl)cc1)C1CC(O)CCO1. The standard InChI is InChI=1S/C14H19ClO3/c1-14(2,13-9-11(16)7-8-17-13)18-12-5-3-10(15)4-6-12/h3-6,11,13,16H,7-9H2,1-2H3. The fraction of sp³-hybridized carbons (Fsp3) is 0.571. The average Bonchev–Trinajstić information content (AvgIpc) is 2.32. The predicted octanol–water partition coefficient (Wildman–Crippen LogP) is 3.04. The molecule has 0 aliphatic carbocycles. The van der Waals surface area contributed by atoms with Gasteiger partial charge in [0.25, 0.3) is 0 Å². The fourth-order valence-corrected chi connectivity index (χ4v) is 2.26. The highest BCUT2D eigenvalue weighted by Gasteiger charge is 2.36. The molecule has 0 spiro atoms. The molecule has 1 N–H and O–H groups in total. The summed E-state index contributed by atoms with van der Waals surface area (Å²) in [6, 6.07) is 7.26. The first-order valence-corrected chi connectivity index (χ1v) is 6.59. The Morgan fingerprint density at radius 3 is 2.61 bits per heavy atom. The van der Waals surface area contributed by atoms with E-state index in [0.717, 1.165) is 5.75 Å². The molecule has 100 valence electrons. The van der Waals surface area contributed by atoms with Gasteiger partial charge in [0.2, 0.25) is 0 Å². The molecule has 2 rings (SSSR count). The number of ether oxygens (including phenoxy) is 2. The summed E-state index contributed by atoms with van der Waals surface area (Å²) >= 11 is 5.84. The van der Waals surface area contributed by atoms with Gasteiger partial charge in [-0.05, 0) is 44.5 Å². The van der Waals surface area contributed by atoms with Crippen LogP contribution in [0.2, 0.25) is 5.02 Å². The molecule has 3 nitrogen and oxygen atoms in total. The van der Waals surface area contributed by atoms with Crippen molar-refractivity contribution in [2.24, 2.45) is 0 Å². The minimum Gasteiger partial charge on any atom is -0.485 e. The van der Waals surface area contributed by atoms with Crippen LogP contribution in [0.25, 0.3) is 0 Å². The zero-order valence-electron chi connectivity index (χ0n) is 10.7. The van der Waals surface area contributed by atoms with E-state index in [1.54, 1.807) is 12.1 Å². The van der Waals surface area contributed by atoms with Gasteiger partial charge in [0, 0.05) is 18.1 Å². The van der Waals surface area contributed by atoms with Gasteiger partial charge in [-0.15, -0.1) is 0 Å². The van der Waals surface area contributed by atoms with Crippen molar-refractivity contribution >= 4 is 11.6 Å². The molecular weight excluding hydrogens is 252 g/mol. The molecule has 0 aromatic heterocycles. The lowest BCUT2D eigenvalue weighted by molar-refractivity contribution is -0.122. The Kier molecular flexibility index (Phi) is 4.15. The normalized spacial score (nSPS) is 24.9. The summed E-state index contributed by atoms with van der Waals surface area (Å²) in [6.07, 6.45) is 0.919. The molecule has 0 radical (unpaired) electrons. The second-order valence-corrected chi connectivity index (χ2v) is 5.63. The summed E-state index contributed by atoms with van der Waals surface area (Å²) < 4.78 is 11.6. The molecule has 1 aromatic carbocycles. The molecule has 0 amide bonds. The highest BCUT2D eigenvalue weighted by Crippen LogP contribution is 2.29. The maximum Gasteiger partial charge on any atom is 0.129 e. The summed E-state index contributed by atoms with van der Waals surface area (Å²) in [5, 5.41) is 10.4. The Hall–Kier alpha value is -0.770. The number of aliphatic hydroxyl groups is 1. The van der Waals surface area contributed by atoms with Crippen molar-refractivity contribution in [1.29, 1.82) is 0 Å². The second-order valence-electron chi connectivity index (χ2n) is 5.20. The lowest BCUT2D eigenvalue weighted by Crippen LogP contribution is -2.48. The molecule has 1 heterocycles. The van der Waals surface area contributed by atoms with E-state index < -0.39 is 5.60 Å². The van der Waals surface area contributed by atoms with E-state index in [0.29, 0.717) is 24.5 Å². The first-order valence-electron chi connectivity index (χ1n) is 6.21. The molecule has 2 unspecified atom stereocenters. The van der Waals surface area contributed by atoms with Gasteiger partial charge < -0.3 is 14.6 Å². The van der Waals surface area contributed by atoms with E-state index in [4.69, 9.17) is 21.1 Å². The molecule has 2 atom stereocenters. The molecule has 1 aliphatic heterocycles. The van der Waals surface area contributed by atoms with Crippen LogP contribution in [0.15, 0.2) is 24.3 Å². The van der Waals surface area contributed by atoms with Crippen LogP contribution in [0.5, 0.6) is 5.75 Å². The largest absolute Gasteiger partial charge is 0.485 e. The molecule has 4 heteroatoms. The van der Waals surface area contributed by atoms with Gasteiger partial charge in [0.05, 0.1) is 12.2 Å². The fourth-order valence-electron chi connectivity index (χ4n) is 2.14. The third-order valence-electron chi connectivity index (χ3n) is 3.23. The first kappa shape index (κ1) is 13.7. The van der Waals surface area contributed by atoms with Crippen LogP contribution in [0, 0.1) is 0 Å². The maximum absolute atomic E-state index is 9.69. The number of benzene rings is 1. The average molecular weight is 271 g/mol. The Balaban J connectivity index is 2.03. The van der Waals surface area contributed by atoms with Crippen LogP contribution in [0.4, 0.5) is 0 Å². The topological polar surface area (TPSA) is 38.7 Å². The molecule has 1 saturated heterocycles. The summed E-state index contributed by atoms with van der Waals surface area (Å²) in [5.41, 5.74) is -0.477. The van der Waals surface area contributed by atoms with E-state index >= 15 is 0 Å². The van der Waals surface area contributed by atoms with Gasteiger partial charge in [-0.1, -0.05) is 11.6 Å². The molecule has 0 bridgehead atoms. The van der Waals surface area contributed by atoms with Gasteiger partial charge in [0.15, 0.2) is 0 Å².